The van der Waals surface area contributed by atoms with E-state index in [4.69, 9.17) is 4.74 Å². The van der Waals surface area contributed by atoms with Crippen molar-refractivity contribution in [1.29, 1.82) is 0 Å². The van der Waals surface area contributed by atoms with Crippen LogP contribution in [0.1, 0.15) is 20.8 Å². The zero-order chi connectivity index (χ0) is 17.5. The lowest BCUT2D eigenvalue weighted by molar-refractivity contribution is -0.120. The fraction of sp³-hybridized carbons (Fsp3) is 0.438. The van der Waals surface area contributed by atoms with Gasteiger partial charge in [-0.25, -0.2) is 0 Å². The van der Waals surface area contributed by atoms with Crippen LogP contribution in [0.4, 0.5) is 10.8 Å². The number of carbonyl (C=O) groups is 1. The van der Waals surface area contributed by atoms with Crippen molar-refractivity contribution in [2.24, 2.45) is 5.92 Å². The summed E-state index contributed by atoms with van der Waals surface area (Å²) in [5.74, 6) is 1.23. The molecule has 1 amide bonds. The normalized spacial score (nSPS) is 12.0. The van der Waals surface area contributed by atoms with Gasteiger partial charge in [0.05, 0.1) is 12.4 Å². The highest BCUT2D eigenvalue weighted by molar-refractivity contribution is 8.02. The number of aromatic nitrogens is 2. The molecule has 0 fully saturated rings. The predicted octanol–water partition coefficient (Wildman–Crippen LogP) is 3.54. The van der Waals surface area contributed by atoms with Crippen LogP contribution < -0.4 is 15.4 Å². The molecule has 0 spiro atoms. The van der Waals surface area contributed by atoms with E-state index in [1.54, 1.807) is 7.11 Å². The van der Waals surface area contributed by atoms with E-state index >= 15 is 0 Å². The first-order valence-corrected chi connectivity index (χ1v) is 9.36. The van der Waals surface area contributed by atoms with Crippen molar-refractivity contribution in [3.05, 3.63) is 24.3 Å². The van der Waals surface area contributed by atoms with Gasteiger partial charge in [-0.15, -0.1) is 10.2 Å². The molecule has 1 aromatic carbocycles. The molecule has 0 saturated heterocycles. The minimum absolute atomic E-state index is 0.0196. The number of rotatable bonds is 8. The van der Waals surface area contributed by atoms with E-state index in [0.29, 0.717) is 17.6 Å². The van der Waals surface area contributed by atoms with Crippen LogP contribution in [0.5, 0.6) is 5.75 Å². The van der Waals surface area contributed by atoms with Gasteiger partial charge in [-0.1, -0.05) is 43.0 Å². The van der Waals surface area contributed by atoms with Crippen molar-refractivity contribution in [3.63, 3.8) is 0 Å². The van der Waals surface area contributed by atoms with Gasteiger partial charge in [0.1, 0.15) is 5.75 Å². The summed E-state index contributed by atoms with van der Waals surface area (Å²) in [5.41, 5.74) is 0.879. The molecule has 1 aromatic heterocycles. The third kappa shape index (κ3) is 5.68. The Kier molecular flexibility index (Phi) is 6.86. The number of ether oxygens (including phenoxy) is 1. The van der Waals surface area contributed by atoms with Gasteiger partial charge >= 0.3 is 0 Å². The van der Waals surface area contributed by atoms with Crippen molar-refractivity contribution in [1.82, 2.24) is 15.5 Å². The number of nitrogens with zero attached hydrogens (tertiary/aromatic N) is 2. The van der Waals surface area contributed by atoms with Crippen LogP contribution in [0, 0.1) is 5.92 Å². The highest BCUT2D eigenvalue weighted by atomic mass is 32.2. The SMILES string of the molecule is COc1cccc(Nc2nnc(SC(C)C(=O)NCC(C)C)s2)c1. The van der Waals surface area contributed by atoms with Gasteiger partial charge in [-0.05, 0) is 25.0 Å². The second kappa shape index (κ2) is 8.89. The standard InChI is InChI=1S/C16H22N4O2S2/c1-10(2)9-17-14(21)11(3)23-16-20-19-15(24-16)18-12-6-5-7-13(8-12)22-4/h5-8,10-11H,9H2,1-4H3,(H,17,21)(H,18,19). The van der Waals surface area contributed by atoms with E-state index in [9.17, 15) is 4.79 Å². The Labute approximate surface area is 150 Å². The number of carbonyl (C=O) groups excluding carboxylic acids is 1. The van der Waals surface area contributed by atoms with Crippen molar-refractivity contribution in [2.75, 3.05) is 19.0 Å². The Balaban J connectivity index is 1.91. The van der Waals surface area contributed by atoms with Gasteiger partial charge < -0.3 is 15.4 Å². The van der Waals surface area contributed by atoms with Crippen LogP contribution in [0.15, 0.2) is 28.6 Å². The molecular formula is C16H22N4O2S2. The Morgan fingerprint density at radius 2 is 2.12 bits per heavy atom. The Hall–Kier alpha value is -1.80. The number of thioether (sulfide) groups is 1. The molecule has 1 unspecified atom stereocenters. The number of amides is 1. The summed E-state index contributed by atoms with van der Waals surface area (Å²) >= 11 is 2.83. The molecular weight excluding hydrogens is 344 g/mol. The maximum Gasteiger partial charge on any atom is 0.233 e. The molecule has 2 rings (SSSR count). The number of hydrogen-bond acceptors (Lipinski definition) is 7. The summed E-state index contributed by atoms with van der Waals surface area (Å²) in [4.78, 5) is 12.0. The zero-order valence-electron chi connectivity index (χ0n) is 14.2. The lowest BCUT2D eigenvalue weighted by Crippen LogP contribution is -2.33. The van der Waals surface area contributed by atoms with Crippen molar-refractivity contribution in [2.45, 2.75) is 30.4 Å². The monoisotopic (exact) mass is 366 g/mol. The largest absolute Gasteiger partial charge is 0.497 e. The predicted molar refractivity (Wildman–Crippen MR) is 99.4 cm³/mol. The summed E-state index contributed by atoms with van der Waals surface area (Å²) in [5, 5.41) is 14.8. The van der Waals surface area contributed by atoms with Gasteiger partial charge in [0.15, 0.2) is 4.34 Å². The molecule has 8 heteroatoms. The number of methoxy groups -OCH3 is 1. The van der Waals surface area contributed by atoms with Crippen LogP contribution in [-0.2, 0) is 4.79 Å². The summed E-state index contributed by atoms with van der Waals surface area (Å²) in [6.07, 6.45) is 0. The van der Waals surface area contributed by atoms with Crippen molar-refractivity contribution < 1.29 is 9.53 Å². The van der Waals surface area contributed by atoms with Crippen LogP contribution in [0.25, 0.3) is 0 Å². The van der Waals surface area contributed by atoms with E-state index in [1.165, 1.54) is 23.1 Å². The first kappa shape index (κ1) is 18.5. The number of benzene rings is 1. The van der Waals surface area contributed by atoms with Crippen LogP contribution in [0.2, 0.25) is 0 Å². The van der Waals surface area contributed by atoms with Crippen LogP contribution in [0.3, 0.4) is 0 Å². The average Bonchev–Trinajstić information content (AvgIpc) is 2.99. The van der Waals surface area contributed by atoms with E-state index in [-0.39, 0.29) is 11.2 Å². The Morgan fingerprint density at radius 3 is 2.83 bits per heavy atom. The minimum atomic E-state index is -0.207. The summed E-state index contributed by atoms with van der Waals surface area (Å²) in [6, 6.07) is 7.60. The Morgan fingerprint density at radius 1 is 1.33 bits per heavy atom. The second-order valence-electron chi connectivity index (χ2n) is 5.63. The van der Waals surface area contributed by atoms with E-state index < -0.39 is 0 Å². The highest BCUT2D eigenvalue weighted by Gasteiger charge is 2.17. The third-order valence-corrected chi connectivity index (χ3v) is 5.08. The van der Waals surface area contributed by atoms with Gasteiger partial charge in [0.2, 0.25) is 11.0 Å². The van der Waals surface area contributed by atoms with Gasteiger partial charge in [-0.3, -0.25) is 4.79 Å². The quantitative estimate of drug-likeness (QED) is 0.696. The molecule has 6 nitrogen and oxygen atoms in total. The van der Waals surface area contributed by atoms with E-state index in [1.807, 2.05) is 31.2 Å². The second-order valence-corrected chi connectivity index (χ2v) is 8.19. The number of hydrogen-bond donors (Lipinski definition) is 2. The number of nitrogens with one attached hydrogen (secondary N) is 2. The molecule has 0 aliphatic carbocycles. The third-order valence-electron chi connectivity index (χ3n) is 3.06. The van der Waals surface area contributed by atoms with Gasteiger partial charge in [-0.2, -0.15) is 0 Å². The van der Waals surface area contributed by atoms with Crippen LogP contribution in [-0.4, -0.2) is 35.0 Å². The minimum Gasteiger partial charge on any atom is -0.497 e. The lowest BCUT2D eigenvalue weighted by atomic mass is 10.2. The fourth-order valence-electron chi connectivity index (χ4n) is 1.79. The number of anilines is 2. The first-order valence-electron chi connectivity index (χ1n) is 7.67. The molecule has 2 N–H and O–H groups in total. The maximum absolute atomic E-state index is 12.0. The smallest absolute Gasteiger partial charge is 0.233 e. The molecule has 130 valence electrons. The van der Waals surface area contributed by atoms with Crippen LogP contribution >= 0.6 is 23.1 Å². The molecule has 0 aliphatic heterocycles. The molecule has 0 bridgehead atoms. The fourth-order valence-corrected chi connectivity index (χ4v) is 3.73. The maximum atomic E-state index is 12.0. The lowest BCUT2D eigenvalue weighted by Gasteiger charge is -2.11. The first-order chi connectivity index (χ1) is 11.5. The molecule has 1 heterocycles. The van der Waals surface area contributed by atoms with E-state index in [2.05, 4.69) is 34.7 Å². The highest BCUT2D eigenvalue weighted by Crippen LogP contribution is 2.31. The molecule has 24 heavy (non-hydrogen) atoms. The van der Waals surface area contributed by atoms with Gasteiger partial charge in [0, 0.05) is 18.3 Å². The molecule has 2 aromatic rings. The average molecular weight is 367 g/mol. The molecule has 0 radical (unpaired) electrons. The van der Waals surface area contributed by atoms with Crippen molar-refractivity contribution in [3.8, 4) is 5.75 Å². The van der Waals surface area contributed by atoms with Crippen molar-refractivity contribution >= 4 is 39.8 Å². The Bertz CT molecular complexity index is 676. The topological polar surface area (TPSA) is 76.1 Å². The zero-order valence-corrected chi connectivity index (χ0v) is 15.8. The molecule has 0 saturated carbocycles. The summed E-state index contributed by atoms with van der Waals surface area (Å²) < 4.78 is 5.95. The molecule has 0 aliphatic rings. The molecule has 1 atom stereocenters. The van der Waals surface area contributed by atoms with E-state index in [0.717, 1.165) is 15.8 Å². The summed E-state index contributed by atoms with van der Waals surface area (Å²) in [7, 11) is 1.63. The summed E-state index contributed by atoms with van der Waals surface area (Å²) in [6.45, 7) is 6.69. The van der Waals surface area contributed by atoms with Gasteiger partial charge in [0.25, 0.3) is 0 Å².